The molecule has 2 aromatic carbocycles. The van der Waals surface area contributed by atoms with Crippen LogP contribution < -0.4 is 15.5 Å². The van der Waals surface area contributed by atoms with Crippen LogP contribution in [0.4, 0.5) is 17.1 Å². The normalized spacial score (nSPS) is 16.3. The number of hydrogen-bond acceptors (Lipinski definition) is 4. The molecule has 0 saturated heterocycles. The number of anilines is 3. The molecule has 0 aromatic heterocycles. The fourth-order valence-electron chi connectivity index (χ4n) is 2.65. The van der Waals surface area contributed by atoms with Crippen LogP contribution >= 0.6 is 11.6 Å². The number of hydrogen-bond donors (Lipinski definition) is 3. The standard InChI is InChI=1S/C17H16ClN3O3/c18-11-4-3-5-12(8-11)19-16(23)9-21-14-7-2-1-6-13(14)20-17(24)15(21)10-22/h1-8,15,22H,9-10H2,(H,19,23)(H,20,24). The lowest BCUT2D eigenvalue weighted by Gasteiger charge is -2.36. The maximum atomic E-state index is 12.4. The van der Waals surface area contributed by atoms with Crippen molar-refractivity contribution in [3.8, 4) is 0 Å². The molecule has 1 aliphatic rings. The van der Waals surface area contributed by atoms with Gasteiger partial charge >= 0.3 is 0 Å². The summed E-state index contributed by atoms with van der Waals surface area (Å²) in [6.07, 6.45) is 0. The molecule has 3 rings (SSSR count). The molecule has 1 heterocycles. The zero-order valence-corrected chi connectivity index (χ0v) is 13.5. The van der Waals surface area contributed by atoms with E-state index in [1.54, 1.807) is 47.4 Å². The second-order valence-electron chi connectivity index (χ2n) is 5.39. The minimum absolute atomic E-state index is 0.0673. The predicted molar refractivity (Wildman–Crippen MR) is 93.4 cm³/mol. The van der Waals surface area contributed by atoms with Crippen LogP contribution in [0.15, 0.2) is 48.5 Å². The first-order chi connectivity index (χ1) is 11.6. The molecule has 1 atom stereocenters. The SMILES string of the molecule is O=C(CN1c2ccccc2NC(=O)C1CO)Nc1cccc(Cl)c1. The van der Waals surface area contributed by atoms with Gasteiger partial charge in [0.2, 0.25) is 11.8 Å². The third kappa shape index (κ3) is 3.34. The van der Waals surface area contributed by atoms with Crippen molar-refractivity contribution in [3.63, 3.8) is 0 Å². The van der Waals surface area contributed by atoms with E-state index in [9.17, 15) is 14.7 Å². The molecule has 0 spiro atoms. The number of aliphatic hydroxyl groups excluding tert-OH is 1. The van der Waals surface area contributed by atoms with Crippen LogP contribution in [0.3, 0.4) is 0 Å². The Hall–Kier alpha value is -2.57. The number of benzene rings is 2. The predicted octanol–water partition coefficient (Wildman–Crippen LogP) is 2.10. The van der Waals surface area contributed by atoms with Gasteiger partial charge in [0.05, 0.1) is 24.5 Å². The molecule has 1 aliphatic heterocycles. The van der Waals surface area contributed by atoms with E-state index < -0.39 is 6.04 Å². The molecule has 0 fully saturated rings. The molecule has 1 unspecified atom stereocenters. The summed E-state index contributed by atoms with van der Waals surface area (Å²) in [5.41, 5.74) is 1.88. The number of amides is 2. The van der Waals surface area contributed by atoms with E-state index in [0.29, 0.717) is 22.1 Å². The van der Waals surface area contributed by atoms with Crippen molar-refractivity contribution in [1.82, 2.24) is 0 Å². The monoisotopic (exact) mass is 345 g/mol. The molecule has 0 radical (unpaired) electrons. The number of nitrogens with zero attached hydrogens (tertiary/aromatic N) is 1. The first-order valence-electron chi connectivity index (χ1n) is 7.41. The summed E-state index contributed by atoms with van der Waals surface area (Å²) < 4.78 is 0. The highest BCUT2D eigenvalue weighted by atomic mass is 35.5. The molecule has 3 N–H and O–H groups in total. The van der Waals surface area contributed by atoms with Crippen molar-refractivity contribution in [2.75, 3.05) is 28.7 Å². The first-order valence-corrected chi connectivity index (χ1v) is 7.79. The Morgan fingerprint density at radius 2 is 2.04 bits per heavy atom. The van der Waals surface area contributed by atoms with Crippen molar-refractivity contribution in [2.45, 2.75) is 6.04 Å². The summed E-state index contributed by atoms with van der Waals surface area (Å²) in [5.74, 6) is -0.646. The van der Waals surface area contributed by atoms with Gasteiger partial charge in [0.1, 0.15) is 6.04 Å². The fraction of sp³-hybridized carbons (Fsp3) is 0.176. The van der Waals surface area contributed by atoms with Gasteiger partial charge < -0.3 is 20.6 Å². The highest BCUT2D eigenvalue weighted by Gasteiger charge is 2.33. The van der Waals surface area contributed by atoms with Gasteiger partial charge in [0.15, 0.2) is 0 Å². The summed E-state index contributed by atoms with van der Waals surface area (Å²) in [6, 6.07) is 13.2. The molecule has 2 aromatic rings. The Bertz CT molecular complexity index is 781. The molecule has 6 nitrogen and oxygen atoms in total. The molecule has 0 aliphatic carbocycles. The van der Waals surface area contributed by atoms with E-state index in [1.807, 2.05) is 6.07 Å². The van der Waals surface area contributed by atoms with Gasteiger partial charge in [-0.25, -0.2) is 0 Å². The Morgan fingerprint density at radius 3 is 2.79 bits per heavy atom. The summed E-state index contributed by atoms with van der Waals surface area (Å²) in [6.45, 7) is -0.452. The summed E-state index contributed by atoms with van der Waals surface area (Å²) >= 11 is 5.90. The molecule has 24 heavy (non-hydrogen) atoms. The number of fused-ring (bicyclic) bond motifs is 1. The largest absolute Gasteiger partial charge is 0.394 e. The van der Waals surface area contributed by atoms with Crippen molar-refractivity contribution in [1.29, 1.82) is 0 Å². The zero-order chi connectivity index (χ0) is 17.1. The number of nitrogens with one attached hydrogen (secondary N) is 2. The van der Waals surface area contributed by atoms with Gasteiger partial charge in [-0.05, 0) is 30.3 Å². The number of para-hydroxylation sites is 2. The quantitative estimate of drug-likeness (QED) is 0.792. The minimum Gasteiger partial charge on any atom is -0.394 e. The fourth-order valence-corrected chi connectivity index (χ4v) is 2.84. The Balaban J connectivity index is 1.81. The van der Waals surface area contributed by atoms with Gasteiger partial charge in [-0.3, -0.25) is 9.59 Å². The molecular weight excluding hydrogens is 330 g/mol. The summed E-state index contributed by atoms with van der Waals surface area (Å²) in [7, 11) is 0. The lowest BCUT2D eigenvalue weighted by atomic mass is 10.1. The van der Waals surface area contributed by atoms with Crippen LogP contribution in [0, 0.1) is 0 Å². The number of carbonyl (C=O) groups excluding carboxylic acids is 2. The van der Waals surface area contributed by atoms with Crippen molar-refractivity contribution < 1.29 is 14.7 Å². The van der Waals surface area contributed by atoms with Gasteiger partial charge in [-0.1, -0.05) is 29.8 Å². The Kier molecular flexibility index (Phi) is 4.69. The van der Waals surface area contributed by atoms with Crippen LogP contribution in [-0.2, 0) is 9.59 Å². The maximum Gasteiger partial charge on any atom is 0.249 e. The minimum atomic E-state index is -0.815. The second-order valence-corrected chi connectivity index (χ2v) is 5.83. The molecule has 7 heteroatoms. The van der Waals surface area contributed by atoms with E-state index in [0.717, 1.165) is 0 Å². The highest BCUT2D eigenvalue weighted by molar-refractivity contribution is 6.30. The number of carbonyl (C=O) groups is 2. The van der Waals surface area contributed by atoms with Gasteiger partial charge in [-0.2, -0.15) is 0 Å². The molecular formula is C17H16ClN3O3. The maximum absolute atomic E-state index is 12.4. The van der Waals surface area contributed by atoms with Crippen LogP contribution in [0.5, 0.6) is 0 Å². The van der Waals surface area contributed by atoms with Crippen LogP contribution in [0.2, 0.25) is 5.02 Å². The van der Waals surface area contributed by atoms with E-state index in [4.69, 9.17) is 11.6 Å². The second kappa shape index (κ2) is 6.90. The lowest BCUT2D eigenvalue weighted by Crippen LogP contribution is -2.52. The molecule has 0 saturated carbocycles. The number of aliphatic hydroxyl groups is 1. The highest BCUT2D eigenvalue weighted by Crippen LogP contribution is 2.31. The van der Waals surface area contributed by atoms with Crippen molar-refractivity contribution in [2.24, 2.45) is 0 Å². The van der Waals surface area contributed by atoms with E-state index in [-0.39, 0.29) is 25.0 Å². The topological polar surface area (TPSA) is 81.7 Å². The van der Waals surface area contributed by atoms with Crippen molar-refractivity contribution >= 4 is 40.5 Å². The Morgan fingerprint density at radius 1 is 1.25 bits per heavy atom. The average molecular weight is 346 g/mol. The summed E-state index contributed by atoms with van der Waals surface area (Å²) in [4.78, 5) is 26.1. The molecule has 124 valence electrons. The van der Waals surface area contributed by atoms with E-state index >= 15 is 0 Å². The van der Waals surface area contributed by atoms with E-state index in [2.05, 4.69) is 10.6 Å². The van der Waals surface area contributed by atoms with Crippen LogP contribution in [0.25, 0.3) is 0 Å². The average Bonchev–Trinajstić information content (AvgIpc) is 2.55. The Labute approximate surface area is 144 Å². The first kappa shape index (κ1) is 16.3. The third-order valence-corrected chi connectivity index (χ3v) is 3.98. The van der Waals surface area contributed by atoms with Crippen molar-refractivity contribution in [3.05, 3.63) is 53.6 Å². The lowest BCUT2D eigenvalue weighted by molar-refractivity contribution is -0.118. The van der Waals surface area contributed by atoms with E-state index in [1.165, 1.54) is 0 Å². The molecule has 0 bridgehead atoms. The number of rotatable bonds is 4. The smallest absolute Gasteiger partial charge is 0.249 e. The molecule has 2 amide bonds. The zero-order valence-electron chi connectivity index (χ0n) is 12.7. The van der Waals surface area contributed by atoms with Gasteiger partial charge in [0.25, 0.3) is 0 Å². The van der Waals surface area contributed by atoms with Crippen LogP contribution in [0.1, 0.15) is 0 Å². The van der Waals surface area contributed by atoms with Gasteiger partial charge in [-0.15, -0.1) is 0 Å². The van der Waals surface area contributed by atoms with Crippen LogP contribution in [-0.4, -0.2) is 36.1 Å². The number of halogens is 1. The van der Waals surface area contributed by atoms with Gasteiger partial charge in [0, 0.05) is 10.7 Å². The third-order valence-electron chi connectivity index (χ3n) is 3.75. The summed E-state index contributed by atoms with van der Waals surface area (Å²) in [5, 5.41) is 15.5.